The second kappa shape index (κ2) is 10.1. The molecule has 8 nitrogen and oxygen atoms in total. The third-order valence-electron chi connectivity index (χ3n) is 6.10. The van der Waals surface area contributed by atoms with E-state index in [1.54, 1.807) is 39.4 Å². The lowest BCUT2D eigenvalue weighted by Crippen LogP contribution is -2.21. The minimum atomic E-state index is -3.18. The summed E-state index contributed by atoms with van der Waals surface area (Å²) in [6.45, 7) is 2.86. The van der Waals surface area contributed by atoms with Crippen LogP contribution in [0, 0.1) is 6.92 Å². The Balaban J connectivity index is 1.80. The van der Waals surface area contributed by atoms with E-state index in [4.69, 9.17) is 10.5 Å². The van der Waals surface area contributed by atoms with E-state index in [9.17, 15) is 13.6 Å². The highest BCUT2D eigenvalue weighted by molar-refractivity contribution is 5.95. The van der Waals surface area contributed by atoms with Gasteiger partial charge in [0.2, 0.25) is 5.56 Å². The molecule has 2 heterocycles. The van der Waals surface area contributed by atoms with Gasteiger partial charge in [-0.2, -0.15) is 8.78 Å². The molecule has 2 aromatic heterocycles. The van der Waals surface area contributed by atoms with Gasteiger partial charge >= 0.3 is 0 Å². The molecular formula is C27H29F2N5O3. The van der Waals surface area contributed by atoms with Crippen molar-refractivity contribution >= 4 is 22.4 Å². The van der Waals surface area contributed by atoms with E-state index in [0.717, 1.165) is 11.1 Å². The number of aromatic nitrogens is 3. The van der Waals surface area contributed by atoms with Crippen molar-refractivity contribution in [1.29, 1.82) is 0 Å². The summed E-state index contributed by atoms with van der Waals surface area (Å²) >= 11 is 0. The molecule has 4 rings (SSSR count). The van der Waals surface area contributed by atoms with Gasteiger partial charge < -0.3 is 25.1 Å². The summed E-state index contributed by atoms with van der Waals surface area (Å²) in [7, 11) is 4.47. The van der Waals surface area contributed by atoms with E-state index in [1.807, 2.05) is 19.1 Å². The largest absolute Gasteiger partial charge is 0.496 e. The third kappa shape index (κ3) is 5.39. The van der Waals surface area contributed by atoms with Crippen molar-refractivity contribution in [2.24, 2.45) is 7.05 Å². The van der Waals surface area contributed by atoms with Crippen LogP contribution in [-0.4, -0.2) is 35.4 Å². The SMILES string of the molecule is COCC(F)(F)c1cc(N)cc([C@@H](C)Nc2nc(C)nc3cc(OC)c(-c4ccc(=O)n(C)c4)cc23)c1. The van der Waals surface area contributed by atoms with Crippen molar-refractivity contribution in [3.05, 3.63) is 76.0 Å². The monoisotopic (exact) mass is 509 g/mol. The molecule has 0 bridgehead atoms. The number of nitrogens with one attached hydrogen (secondary N) is 1. The number of rotatable bonds is 8. The number of hydrogen-bond donors (Lipinski definition) is 2. The Hall–Kier alpha value is -4.05. The molecular weight excluding hydrogens is 480 g/mol. The van der Waals surface area contributed by atoms with Gasteiger partial charge in [0.05, 0.1) is 18.7 Å². The Labute approximate surface area is 213 Å². The fraction of sp³-hybridized carbons (Fsp3) is 0.296. The topological polar surface area (TPSA) is 104 Å². The first-order valence-electron chi connectivity index (χ1n) is 11.6. The first-order chi connectivity index (χ1) is 17.5. The van der Waals surface area contributed by atoms with Crippen LogP contribution in [0.15, 0.2) is 53.5 Å². The number of nitrogens with two attached hydrogens (primary N) is 1. The molecule has 0 fully saturated rings. The second-order valence-electron chi connectivity index (χ2n) is 8.95. The number of aryl methyl sites for hydroxylation is 2. The van der Waals surface area contributed by atoms with Crippen LogP contribution in [0.25, 0.3) is 22.0 Å². The number of halogens is 2. The first-order valence-corrected chi connectivity index (χ1v) is 11.6. The Morgan fingerprint density at radius 1 is 1.14 bits per heavy atom. The number of nitrogen functional groups attached to an aromatic ring is 1. The van der Waals surface area contributed by atoms with Gasteiger partial charge in [0.15, 0.2) is 0 Å². The summed E-state index contributed by atoms with van der Waals surface area (Å²) in [5, 5.41) is 4.04. The van der Waals surface area contributed by atoms with Gasteiger partial charge in [-0.25, -0.2) is 9.97 Å². The molecule has 0 aliphatic rings. The molecule has 0 saturated heterocycles. The predicted molar refractivity (Wildman–Crippen MR) is 140 cm³/mol. The molecule has 3 N–H and O–H groups in total. The van der Waals surface area contributed by atoms with Crippen LogP contribution in [0.2, 0.25) is 0 Å². The average Bonchev–Trinajstić information content (AvgIpc) is 2.84. The molecule has 37 heavy (non-hydrogen) atoms. The van der Waals surface area contributed by atoms with Crippen molar-refractivity contribution in [2.45, 2.75) is 25.8 Å². The second-order valence-corrected chi connectivity index (χ2v) is 8.95. The maximum Gasteiger partial charge on any atom is 0.296 e. The molecule has 4 aromatic rings. The highest BCUT2D eigenvalue weighted by Crippen LogP contribution is 2.37. The van der Waals surface area contributed by atoms with Crippen LogP contribution >= 0.6 is 0 Å². The van der Waals surface area contributed by atoms with Gasteiger partial charge in [0.1, 0.15) is 24.0 Å². The lowest BCUT2D eigenvalue weighted by atomic mass is 10.00. The maximum atomic E-state index is 14.5. The fourth-order valence-electron chi connectivity index (χ4n) is 4.22. The zero-order chi connectivity index (χ0) is 26.9. The number of methoxy groups -OCH3 is 2. The van der Waals surface area contributed by atoms with Crippen LogP contribution in [0.1, 0.15) is 29.9 Å². The number of anilines is 2. The van der Waals surface area contributed by atoms with Crippen LogP contribution in [0.3, 0.4) is 0 Å². The maximum absolute atomic E-state index is 14.5. The van der Waals surface area contributed by atoms with Gasteiger partial charge in [0.25, 0.3) is 5.92 Å². The number of fused-ring (bicyclic) bond motifs is 1. The molecule has 0 spiro atoms. The molecule has 194 valence electrons. The van der Waals surface area contributed by atoms with Crippen molar-refractivity contribution in [3.63, 3.8) is 0 Å². The van der Waals surface area contributed by atoms with Crippen molar-refractivity contribution in [1.82, 2.24) is 14.5 Å². The van der Waals surface area contributed by atoms with Gasteiger partial charge in [-0.15, -0.1) is 0 Å². The number of ether oxygens (including phenoxy) is 2. The van der Waals surface area contributed by atoms with E-state index in [-0.39, 0.29) is 16.8 Å². The van der Waals surface area contributed by atoms with Crippen LogP contribution in [0.4, 0.5) is 20.3 Å². The fourth-order valence-corrected chi connectivity index (χ4v) is 4.22. The third-order valence-corrected chi connectivity index (χ3v) is 6.10. The highest BCUT2D eigenvalue weighted by Gasteiger charge is 2.32. The van der Waals surface area contributed by atoms with E-state index < -0.39 is 18.6 Å². The lowest BCUT2D eigenvalue weighted by molar-refractivity contribution is -0.0698. The Morgan fingerprint density at radius 2 is 1.89 bits per heavy atom. The average molecular weight is 510 g/mol. The molecule has 0 saturated carbocycles. The number of pyridine rings is 1. The smallest absolute Gasteiger partial charge is 0.296 e. The van der Waals surface area contributed by atoms with Gasteiger partial charge in [-0.05, 0) is 49.7 Å². The Morgan fingerprint density at radius 3 is 2.57 bits per heavy atom. The number of hydrogen-bond acceptors (Lipinski definition) is 7. The first kappa shape index (κ1) is 26.0. The summed E-state index contributed by atoms with van der Waals surface area (Å²) in [6.07, 6.45) is 1.73. The summed E-state index contributed by atoms with van der Waals surface area (Å²) in [4.78, 5) is 21.0. The molecule has 0 unspecified atom stereocenters. The molecule has 0 amide bonds. The van der Waals surface area contributed by atoms with Crippen molar-refractivity contribution in [2.75, 3.05) is 31.9 Å². The van der Waals surface area contributed by atoms with Gasteiger partial charge in [-0.1, -0.05) is 0 Å². The standard InChI is InChI=1S/C27H29F2N5O3/c1-15(18-8-19(10-20(30)9-18)27(28,29)14-36-4)31-26-22-11-21(17-6-7-25(35)34(3)13-17)24(37-5)12-23(22)32-16(2)33-26/h6-13,15H,14,30H2,1-5H3,(H,31,32,33)/t15-/m1/s1. The molecule has 1 atom stereocenters. The summed E-state index contributed by atoms with van der Waals surface area (Å²) in [5.41, 5.74) is 8.59. The minimum absolute atomic E-state index is 0.128. The van der Waals surface area contributed by atoms with Crippen LogP contribution < -0.4 is 21.3 Å². The quantitative estimate of drug-likeness (QED) is 0.329. The molecule has 2 aromatic carbocycles. The van der Waals surface area contributed by atoms with Gasteiger partial charge in [-0.3, -0.25) is 4.79 Å². The predicted octanol–water partition coefficient (Wildman–Crippen LogP) is 4.81. The molecule has 10 heteroatoms. The van der Waals surface area contributed by atoms with E-state index >= 15 is 0 Å². The zero-order valence-electron chi connectivity index (χ0n) is 21.3. The number of benzene rings is 2. The minimum Gasteiger partial charge on any atom is -0.496 e. The Bertz CT molecular complexity index is 1520. The normalized spacial score (nSPS) is 12.5. The van der Waals surface area contributed by atoms with E-state index in [2.05, 4.69) is 20.0 Å². The van der Waals surface area contributed by atoms with Crippen molar-refractivity contribution < 1.29 is 18.3 Å². The van der Waals surface area contributed by atoms with Crippen LogP contribution in [-0.2, 0) is 17.7 Å². The molecule has 0 radical (unpaired) electrons. The molecule has 0 aliphatic carbocycles. The van der Waals surface area contributed by atoms with E-state index in [1.165, 1.54) is 29.9 Å². The lowest BCUT2D eigenvalue weighted by Gasteiger charge is -2.21. The Kier molecular flexibility index (Phi) is 7.13. The number of alkyl halides is 2. The zero-order valence-corrected chi connectivity index (χ0v) is 21.3. The van der Waals surface area contributed by atoms with Gasteiger partial charge in [0, 0.05) is 60.3 Å². The summed E-state index contributed by atoms with van der Waals surface area (Å²) < 4.78 is 40.9. The number of nitrogens with zero attached hydrogens (tertiary/aromatic N) is 3. The highest BCUT2D eigenvalue weighted by atomic mass is 19.3. The van der Waals surface area contributed by atoms with Crippen molar-refractivity contribution in [3.8, 4) is 16.9 Å². The van der Waals surface area contributed by atoms with E-state index in [0.29, 0.717) is 33.9 Å². The summed E-state index contributed by atoms with van der Waals surface area (Å²) in [5.74, 6) is -1.54. The molecule has 0 aliphatic heterocycles. The summed E-state index contributed by atoms with van der Waals surface area (Å²) in [6, 6.07) is 10.8. The van der Waals surface area contributed by atoms with Crippen LogP contribution in [0.5, 0.6) is 5.75 Å².